The van der Waals surface area contributed by atoms with Crippen molar-refractivity contribution in [2.24, 2.45) is 0 Å². The molecule has 0 aromatic heterocycles. The van der Waals surface area contributed by atoms with Crippen LogP contribution in [0.4, 0.5) is 0 Å². The van der Waals surface area contributed by atoms with Gasteiger partial charge >= 0.3 is 98.9 Å². The number of rotatable bonds is 0. The molecule has 0 fully saturated rings. The molecule has 0 aliphatic carbocycles. The average molecular weight is 271 g/mol. The molecule has 1 radical (unpaired) electrons. The molecule has 0 aromatic rings. The summed E-state index contributed by atoms with van der Waals surface area (Å²) in [5.41, 5.74) is 0. The molecular formula is H9BeFeMgMnNaO4P. The van der Waals surface area contributed by atoms with Crippen LogP contribution in [0.3, 0.4) is 0 Å². The van der Waals surface area contributed by atoms with Gasteiger partial charge < -0.3 is 5.48 Å². The minimum atomic E-state index is -3.89. The van der Waals surface area contributed by atoms with Crippen molar-refractivity contribution in [3.63, 3.8) is 0 Å². The zero-order chi connectivity index (χ0) is 4.50. The van der Waals surface area contributed by atoms with Crippen molar-refractivity contribution in [3.05, 3.63) is 0 Å². The van der Waals surface area contributed by atoms with Crippen molar-refractivity contribution >= 4 is 69.0 Å². The maximum atomic E-state index is 9.22. The van der Waals surface area contributed by atoms with Gasteiger partial charge in [-0.25, -0.2) is 0 Å². The fraction of sp³-hybridized carbons (Fsp3) is 0. The second-order valence-electron chi connectivity index (χ2n) is 0.459. The van der Waals surface area contributed by atoms with E-state index in [0.717, 1.165) is 0 Å². The van der Waals surface area contributed by atoms with Gasteiger partial charge in [-0.2, -0.15) is 0 Å². The van der Waals surface area contributed by atoms with Gasteiger partial charge in [-0.15, -0.1) is 0 Å². The Morgan fingerprint density at radius 1 is 1.30 bits per heavy atom. The Morgan fingerprint density at radius 3 is 1.30 bits per heavy atom. The molecular weight excluding hydrogens is 262 g/mol. The van der Waals surface area contributed by atoms with E-state index in [1.54, 1.807) is 0 Å². The fourth-order valence-electron chi connectivity index (χ4n) is 0. The Hall–Kier alpha value is 3.08. The monoisotopic (exact) mass is 271 g/mol. The summed E-state index contributed by atoms with van der Waals surface area (Å²) >= 11 is 2.44. The first-order chi connectivity index (χ1) is 2.00. The number of hydrogen-bond acceptors (Lipinski definition) is 1. The van der Waals surface area contributed by atoms with Gasteiger partial charge in [-0.3, -0.25) is 0 Å². The number of hydrogen-bond donors (Lipinski definition) is 2. The van der Waals surface area contributed by atoms with Crippen LogP contribution in [0.5, 0.6) is 0 Å². The van der Waals surface area contributed by atoms with Gasteiger partial charge in [0.25, 0.3) is 0 Å². The fourth-order valence-corrected chi connectivity index (χ4v) is 0. The molecule has 0 aliphatic rings. The van der Waals surface area contributed by atoms with Crippen molar-refractivity contribution in [2.75, 3.05) is 0 Å². The molecule has 0 atom stereocenters. The first-order valence-corrected chi connectivity index (χ1v) is 3.70. The van der Waals surface area contributed by atoms with Crippen molar-refractivity contribution < 1.29 is 52.5 Å². The molecule has 0 unspecified atom stereocenters. The molecule has 0 amide bonds. The summed E-state index contributed by atoms with van der Waals surface area (Å²) in [6.45, 7) is 0. The average Bonchev–Trinajstić information content (AvgIpc) is 0.722. The molecule has 4 nitrogen and oxygen atoms in total. The van der Waals surface area contributed by atoms with E-state index in [9.17, 15) is 4.57 Å². The Kier molecular flexibility index (Phi) is 68.5. The third kappa shape index (κ3) is 119. The maximum absolute atomic E-state index is 9.22. The van der Waals surface area contributed by atoms with Crippen LogP contribution in [0, 0.1) is 0 Å². The van der Waals surface area contributed by atoms with E-state index in [-0.39, 0.29) is 85.3 Å². The molecule has 0 bridgehead atoms. The summed E-state index contributed by atoms with van der Waals surface area (Å²) in [7, 11) is 0. The molecule has 0 saturated heterocycles. The van der Waals surface area contributed by atoms with E-state index in [4.69, 9.17) is 9.79 Å². The van der Waals surface area contributed by atoms with Crippen LogP contribution in [-0.2, 0) is 37.2 Å². The van der Waals surface area contributed by atoms with Gasteiger partial charge in [0.2, 0.25) is 0 Å². The SMILES string of the molecule is O.O=[P](O)(O)[Fe].[BeH2].[MgH2].[Mn].[NaH]. The van der Waals surface area contributed by atoms with Crippen LogP contribution < -0.4 is 0 Å². The molecule has 0 saturated carbocycles. The van der Waals surface area contributed by atoms with Gasteiger partial charge in [0, 0.05) is 17.1 Å². The van der Waals surface area contributed by atoms with E-state index < -0.39 is 6.29 Å². The summed E-state index contributed by atoms with van der Waals surface area (Å²) in [5.74, 6) is 0. The Bertz CT molecular complexity index is 71.4. The van der Waals surface area contributed by atoms with Crippen LogP contribution in [0.1, 0.15) is 0 Å². The van der Waals surface area contributed by atoms with E-state index in [2.05, 4.69) is 15.6 Å². The first-order valence-electron chi connectivity index (χ1n) is 0.741. The summed E-state index contributed by atoms with van der Waals surface area (Å²) in [6, 6.07) is 0. The van der Waals surface area contributed by atoms with Gasteiger partial charge in [-0.1, -0.05) is 0 Å². The third-order valence-electron chi connectivity index (χ3n) is 0. The molecule has 10 heteroatoms. The molecule has 0 spiro atoms. The standard InChI is InChI=1S/Be.Fe.Mg.Mn.Na.HO3P.H2O.5H/c;;;;;1-4(2)3;;;;;;/h;;;;;(H-,1,2,3);1H2;;;;;/q;-1;;;;;;;;;;/p+1. The molecule has 0 heterocycles. The van der Waals surface area contributed by atoms with Crippen LogP contribution in [-0.4, -0.2) is 78.0 Å². The van der Waals surface area contributed by atoms with Gasteiger partial charge in [-0.05, 0) is 0 Å². The molecule has 0 aliphatic heterocycles. The van der Waals surface area contributed by atoms with Crippen molar-refractivity contribution in [3.8, 4) is 0 Å². The van der Waals surface area contributed by atoms with Crippen LogP contribution in [0.2, 0.25) is 0 Å². The van der Waals surface area contributed by atoms with Crippen molar-refractivity contribution in [1.29, 1.82) is 0 Å². The predicted molar refractivity (Wildman–Crippen MR) is 39.9 cm³/mol. The van der Waals surface area contributed by atoms with Crippen LogP contribution in [0.25, 0.3) is 0 Å². The molecule has 10 heavy (non-hydrogen) atoms. The third-order valence-corrected chi connectivity index (χ3v) is 0. The zero-order valence-electron chi connectivity index (χ0n) is 2.98. The van der Waals surface area contributed by atoms with Gasteiger partial charge in [0.05, 0.1) is 0 Å². The summed E-state index contributed by atoms with van der Waals surface area (Å²) in [4.78, 5) is 15.0. The topological polar surface area (TPSA) is 89.0 Å². The second-order valence-corrected chi connectivity index (χ2v) is 3.31. The molecule has 4 N–H and O–H groups in total. The van der Waals surface area contributed by atoms with Crippen molar-refractivity contribution in [1.82, 2.24) is 0 Å². The molecule has 0 rings (SSSR count). The Morgan fingerprint density at radius 2 is 1.30 bits per heavy atom. The molecule has 58 valence electrons. The van der Waals surface area contributed by atoms with E-state index in [0.29, 0.717) is 0 Å². The summed E-state index contributed by atoms with van der Waals surface area (Å²) in [5, 5.41) is 0. The van der Waals surface area contributed by atoms with Crippen LogP contribution in [0.15, 0.2) is 0 Å². The van der Waals surface area contributed by atoms with Crippen LogP contribution >= 0.6 is 6.29 Å². The summed E-state index contributed by atoms with van der Waals surface area (Å²) < 4.78 is 9.22. The normalized spacial score (nSPS) is 5.90. The van der Waals surface area contributed by atoms with Gasteiger partial charge in [0.1, 0.15) is 0 Å². The Labute approximate surface area is 120 Å². The zero-order valence-corrected chi connectivity index (χ0v) is 6.16. The summed E-state index contributed by atoms with van der Waals surface area (Å²) in [6.07, 6.45) is -3.89. The van der Waals surface area contributed by atoms with Gasteiger partial charge in [0.15, 0.2) is 0 Å². The predicted octanol–water partition coefficient (Wildman–Crippen LogP) is -3.68. The first kappa shape index (κ1) is 38.1. The van der Waals surface area contributed by atoms with E-state index in [1.807, 2.05) is 0 Å². The Balaban J connectivity index is -0.00000000800. The minimum absolute atomic E-state index is 0. The second kappa shape index (κ2) is 18.0. The van der Waals surface area contributed by atoms with E-state index >= 15 is 0 Å². The van der Waals surface area contributed by atoms with Crippen molar-refractivity contribution in [2.45, 2.75) is 0 Å². The molecule has 0 aromatic carbocycles. The van der Waals surface area contributed by atoms with E-state index in [1.165, 1.54) is 0 Å². The quantitative estimate of drug-likeness (QED) is 0.351.